The van der Waals surface area contributed by atoms with Crippen molar-refractivity contribution < 1.29 is 13.2 Å². The number of rotatable bonds is 5. The minimum absolute atomic E-state index is 0.149. The summed E-state index contributed by atoms with van der Waals surface area (Å²) in [6.07, 6.45) is 1.02. The molecule has 0 atom stereocenters. The molecule has 24 heavy (non-hydrogen) atoms. The van der Waals surface area contributed by atoms with Gasteiger partial charge in [0.2, 0.25) is 10.0 Å². The van der Waals surface area contributed by atoms with Crippen molar-refractivity contribution in [1.29, 1.82) is 0 Å². The van der Waals surface area contributed by atoms with Gasteiger partial charge in [0, 0.05) is 22.3 Å². The molecule has 0 radical (unpaired) electrons. The van der Waals surface area contributed by atoms with Gasteiger partial charge in [-0.05, 0) is 35.9 Å². The largest absolute Gasteiger partial charge is 0.348 e. The minimum Gasteiger partial charge on any atom is -0.348 e. The van der Waals surface area contributed by atoms with E-state index in [0.717, 1.165) is 6.26 Å². The van der Waals surface area contributed by atoms with Crippen molar-refractivity contribution in [2.45, 2.75) is 6.54 Å². The van der Waals surface area contributed by atoms with Crippen LogP contribution in [0.3, 0.4) is 0 Å². The lowest BCUT2D eigenvalue weighted by Crippen LogP contribution is -2.23. The van der Waals surface area contributed by atoms with E-state index in [4.69, 9.17) is 34.8 Å². The van der Waals surface area contributed by atoms with Gasteiger partial charge in [0.05, 0.1) is 16.8 Å². The van der Waals surface area contributed by atoms with Gasteiger partial charge in [0.15, 0.2) is 0 Å². The molecule has 0 aliphatic carbocycles. The topological polar surface area (TPSA) is 75.3 Å². The summed E-state index contributed by atoms with van der Waals surface area (Å²) < 4.78 is 24.8. The van der Waals surface area contributed by atoms with Crippen molar-refractivity contribution in [2.24, 2.45) is 0 Å². The normalized spacial score (nSPS) is 11.2. The highest BCUT2D eigenvalue weighted by atomic mass is 35.5. The van der Waals surface area contributed by atoms with Gasteiger partial charge >= 0.3 is 0 Å². The molecule has 0 fully saturated rings. The van der Waals surface area contributed by atoms with Gasteiger partial charge in [0.25, 0.3) is 5.91 Å². The van der Waals surface area contributed by atoms with Crippen LogP contribution in [0.25, 0.3) is 0 Å². The molecule has 0 bridgehead atoms. The van der Waals surface area contributed by atoms with Crippen LogP contribution in [0.1, 0.15) is 15.9 Å². The fourth-order valence-electron chi connectivity index (χ4n) is 1.91. The number of halogens is 3. The summed E-state index contributed by atoms with van der Waals surface area (Å²) in [4.78, 5) is 12.3. The molecule has 2 rings (SSSR count). The molecule has 2 aromatic carbocycles. The van der Waals surface area contributed by atoms with Crippen molar-refractivity contribution in [3.8, 4) is 0 Å². The standard InChI is InChI=1S/C15H13Cl3N2O3S/c1-24(22,23)20-11-4-5-13(17)12(7-11)15(21)19-8-9-2-3-10(16)6-14(9)18/h2-7,20H,8H2,1H3,(H,19,21). The van der Waals surface area contributed by atoms with Crippen LogP contribution in [0, 0.1) is 0 Å². The van der Waals surface area contributed by atoms with Crippen molar-refractivity contribution >= 4 is 56.4 Å². The predicted octanol–water partition coefficient (Wildman–Crippen LogP) is 3.95. The molecule has 5 nitrogen and oxygen atoms in total. The molecular formula is C15H13Cl3N2O3S. The summed E-state index contributed by atoms with van der Waals surface area (Å²) in [5, 5.41) is 3.81. The molecule has 2 N–H and O–H groups in total. The number of benzene rings is 2. The molecule has 0 heterocycles. The average molecular weight is 408 g/mol. The SMILES string of the molecule is CS(=O)(=O)Nc1ccc(Cl)c(C(=O)NCc2ccc(Cl)cc2Cl)c1. The zero-order valence-electron chi connectivity index (χ0n) is 12.4. The van der Waals surface area contributed by atoms with Crippen LogP contribution in [-0.2, 0) is 16.6 Å². The summed E-state index contributed by atoms with van der Waals surface area (Å²) in [7, 11) is -3.45. The second-order valence-electron chi connectivity index (χ2n) is 4.99. The van der Waals surface area contributed by atoms with Crippen molar-refractivity contribution in [2.75, 3.05) is 11.0 Å². The molecule has 128 valence electrons. The maximum Gasteiger partial charge on any atom is 0.253 e. The maximum atomic E-state index is 12.3. The zero-order chi connectivity index (χ0) is 17.9. The van der Waals surface area contributed by atoms with E-state index in [0.29, 0.717) is 15.6 Å². The third-order valence-electron chi connectivity index (χ3n) is 2.97. The van der Waals surface area contributed by atoms with E-state index in [1.165, 1.54) is 18.2 Å². The fourth-order valence-corrected chi connectivity index (χ4v) is 3.15. The molecule has 2 aromatic rings. The second-order valence-corrected chi connectivity index (χ2v) is 7.99. The molecule has 0 saturated carbocycles. The monoisotopic (exact) mass is 406 g/mol. The number of sulfonamides is 1. The number of carbonyl (C=O) groups excluding carboxylic acids is 1. The lowest BCUT2D eigenvalue weighted by atomic mass is 10.1. The Labute approximate surface area is 155 Å². The highest BCUT2D eigenvalue weighted by molar-refractivity contribution is 7.92. The summed E-state index contributed by atoms with van der Waals surface area (Å²) >= 11 is 17.9. The Balaban J connectivity index is 2.15. The van der Waals surface area contributed by atoms with E-state index in [1.54, 1.807) is 18.2 Å². The van der Waals surface area contributed by atoms with Crippen LogP contribution in [0.15, 0.2) is 36.4 Å². The first-order chi connectivity index (χ1) is 11.2. The molecule has 0 spiro atoms. The van der Waals surface area contributed by atoms with Crippen molar-refractivity contribution in [1.82, 2.24) is 5.32 Å². The number of hydrogen-bond donors (Lipinski definition) is 2. The number of amides is 1. The van der Waals surface area contributed by atoms with Gasteiger partial charge in [-0.2, -0.15) is 0 Å². The van der Waals surface area contributed by atoms with Gasteiger partial charge in [-0.3, -0.25) is 9.52 Å². The van der Waals surface area contributed by atoms with E-state index in [2.05, 4.69) is 10.0 Å². The predicted molar refractivity (Wildman–Crippen MR) is 97.6 cm³/mol. The van der Waals surface area contributed by atoms with Gasteiger partial charge in [-0.15, -0.1) is 0 Å². The number of anilines is 1. The summed E-state index contributed by atoms with van der Waals surface area (Å²) in [6, 6.07) is 9.22. The third-order valence-corrected chi connectivity index (χ3v) is 4.49. The Bertz CT molecular complexity index is 886. The summed E-state index contributed by atoms with van der Waals surface area (Å²) in [5.74, 6) is -0.455. The van der Waals surface area contributed by atoms with E-state index in [9.17, 15) is 13.2 Å². The highest BCUT2D eigenvalue weighted by Crippen LogP contribution is 2.23. The molecule has 0 saturated heterocycles. The molecule has 9 heteroatoms. The highest BCUT2D eigenvalue weighted by Gasteiger charge is 2.13. The lowest BCUT2D eigenvalue weighted by Gasteiger charge is -2.10. The summed E-state index contributed by atoms with van der Waals surface area (Å²) in [5.41, 5.74) is 1.09. The first-order valence-corrected chi connectivity index (χ1v) is 9.68. The Morgan fingerprint density at radius 1 is 1.04 bits per heavy atom. The second kappa shape index (κ2) is 7.61. The summed E-state index contributed by atoms with van der Waals surface area (Å²) in [6.45, 7) is 0.175. The third kappa shape index (κ3) is 5.27. The number of hydrogen-bond acceptors (Lipinski definition) is 3. The van der Waals surface area contributed by atoms with E-state index >= 15 is 0 Å². The first kappa shape index (κ1) is 18.9. The quantitative estimate of drug-likeness (QED) is 0.788. The number of nitrogens with one attached hydrogen (secondary N) is 2. The smallest absolute Gasteiger partial charge is 0.253 e. The molecular weight excluding hydrogens is 395 g/mol. The zero-order valence-corrected chi connectivity index (χ0v) is 15.5. The number of carbonyl (C=O) groups is 1. The van der Waals surface area contributed by atoms with Gasteiger partial charge in [-0.1, -0.05) is 40.9 Å². The van der Waals surface area contributed by atoms with Gasteiger partial charge < -0.3 is 5.32 Å². The van der Waals surface area contributed by atoms with Crippen LogP contribution >= 0.6 is 34.8 Å². The molecule has 0 unspecified atom stereocenters. The van der Waals surface area contributed by atoms with Gasteiger partial charge in [-0.25, -0.2) is 8.42 Å². The van der Waals surface area contributed by atoms with Gasteiger partial charge in [0.1, 0.15) is 0 Å². The fraction of sp³-hybridized carbons (Fsp3) is 0.133. The first-order valence-electron chi connectivity index (χ1n) is 6.65. The van der Waals surface area contributed by atoms with Crippen LogP contribution in [0.2, 0.25) is 15.1 Å². The van der Waals surface area contributed by atoms with Crippen LogP contribution in [0.5, 0.6) is 0 Å². The van der Waals surface area contributed by atoms with Crippen molar-refractivity contribution in [3.63, 3.8) is 0 Å². The van der Waals surface area contributed by atoms with Crippen LogP contribution in [-0.4, -0.2) is 20.6 Å². The Kier molecular flexibility index (Phi) is 5.98. The molecule has 1 amide bonds. The van der Waals surface area contributed by atoms with Crippen LogP contribution < -0.4 is 10.0 Å². The lowest BCUT2D eigenvalue weighted by molar-refractivity contribution is 0.0951. The average Bonchev–Trinajstić information content (AvgIpc) is 2.46. The van der Waals surface area contributed by atoms with E-state index in [-0.39, 0.29) is 22.8 Å². The molecule has 0 aromatic heterocycles. The molecule has 0 aliphatic heterocycles. The molecule has 0 aliphatic rings. The Hall–Kier alpha value is -1.47. The van der Waals surface area contributed by atoms with E-state index < -0.39 is 15.9 Å². The van der Waals surface area contributed by atoms with Crippen molar-refractivity contribution in [3.05, 3.63) is 62.6 Å². The van der Waals surface area contributed by atoms with Crippen LogP contribution in [0.4, 0.5) is 5.69 Å². The maximum absolute atomic E-state index is 12.3. The van der Waals surface area contributed by atoms with E-state index in [1.807, 2.05) is 0 Å². The Morgan fingerprint density at radius 3 is 2.38 bits per heavy atom. The Morgan fingerprint density at radius 2 is 1.75 bits per heavy atom. The minimum atomic E-state index is -3.45.